The highest BCUT2D eigenvalue weighted by atomic mass is 16.5. The molecule has 4 rings (SSSR count). The highest BCUT2D eigenvalue weighted by molar-refractivity contribution is 5.97. The van der Waals surface area contributed by atoms with Crippen LogP contribution >= 0.6 is 0 Å². The van der Waals surface area contributed by atoms with E-state index in [1.807, 2.05) is 50.2 Å². The highest BCUT2D eigenvalue weighted by Crippen LogP contribution is 2.26. The van der Waals surface area contributed by atoms with Crippen molar-refractivity contribution in [2.24, 2.45) is 0 Å². The molecule has 0 bridgehead atoms. The molecule has 5 heteroatoms. The molecular weight excluding hydrogens is 340 g/mol. The van der Waals surface area contributed by atoms with Gasteiger partial charge in [-0.15, -0.1) is 0 Å². The molecule has 4 aromatic rings. The van der Waals surface area contributed by atoms with E-state index >= 15 is 0 Å². The SMILES string of the molecule is CCn1cc(C(=O)Oc2cccc3ccccc23)c(=O)c2ccc(C)nc21. The minimum Gasteiger partial charge on any atom is -0.422 e. The molecule has 0 fully saturated rings. The van der Waals surface area contributed by atoms with Crippen LogP contribution in [0.1, 0.15) is 23.0 Å². The van der Waals surface area contributed by atoms with Gasteiger partial charge in [-0.05, 0) is 37.4 Å². The number of hydrogen-bond acceptors (Lipinski definition) is 4. The molecule has 0 aliphatic carbocycles. The van der Waals surface area contributed by atoms with Crippen LogP contribution in [0.2, 0.25) is 0 Å². The summed E-state index contributed by atoms with van der Waals surface area (Å²) in [5, 5.41) is 2.20. The van der Waals surface area contributed by atoms with Crippen LogP contribution in [0.4, 0.5) is 0 Å². The van der Waals surface area contributed by atoms with E-state index in [1.54, 1.807) is 22.8 Å². The number of carbonyl (C=O) groups is 1. The average molecular weight is 358 g/mol. The molecule has 0 amide bonds. The van der Waals surface area contributed by atoms with Crippen LogP contribution in [0, 0.1) is 6.92 Å². The molecule has 5 nitrogen and oxygen atoms in total. The van der Waals surface area contributed by atoms with Crippen molar-refractivity contribution < 1.29 is 9.53 Å². The Hall–Kier alpha value is -3.47. The maximum Gasteiger partial charge on any atom is 0.349 e. The molecule has 0 aliphatic heterocycles. The number of benzene rings is 2. The topological polar surface area (TPSA) is 61.2 Å². The highest BCUT2D eigenvalue weighted by Gasteiger charge is 2.18. The maximum absolute atomic E-state index is 12.8. The monoisotopic (exact) mass is 358 g/mol. The summed E-state index contributed by atoms with van der Waals surface area (Å²) < 4.78 is 7.39. The second-order valence-electron chi connectivity index (χ2n) is 6.35. The van der Waals surface area contributed by atoms with Crippen molar-refractivity contribution in [2.45, 2.75) is 20.4 Å². The summed E-state index contributed by atoms with van der Waals surface area (Å²) in [6, 6.07) is 16.6. The zero-order valence-corrected chi connectivity index (χ0v) is 15.1. The first-order valence-electron chi connectivity index (χ1n) is 8.79. The smallest absolute Gasteiger partial charge is 0.349 e. The summed E-state index contributed by atoms with van der Waals surface area (Å²) in [6.07, 6.45) is 1.53. The molecule has 0 saturated heterocycles. The third-order valence-corrected chi connectivity index (χ3v) is 4.57. The van der Waals surface area contributed by atoms with Gasteiger partial charge in [0.25, 0.3) is 0 Å². The minimum absolute atomic E-state index is 0.00272. The molecule has 2 aromatic heterocycles. The normalized spacial score (nSPS) is 11.0. The van der Waals surface area contributed by atoms with Gasteiger partial charge >= 0.3 is 5.97 Å². The van der Waals surface area contributed by atoms with Crippen LogP contribution < -0.4 is 10.2 Å². The van der Waals surface area contributed by atoms with E-state index in [4.69, 9.17) is 4.74 Å². The number of fused-ring (bicyclic) bond motifs is 2. The van der Waals surface area contributed by atoms with Gasteiger partial charge in [-0.2, -0.15) is 0 Å². The van der Waals surface area contributed by atoms with Crippen LogP contribution in [0.5, 0.6) is 5.75 Å². The summed E-state index contributed by atoms with van der Waals surface area (Å²) in [7, 11) is 0. The van der Waals surface area contributed by atoms with Gasteiger partial charge in [-0.25, -0.2) is 9.78 Å². The van der Waals surface area contributed by atoms with Crippen LogP contribution in [-0.2, 0) is 6.54 Å². The van der Waals surface area contributed by atoms with Crippen LogP contribution in [0.3, 0.4) is 0 Å². The fourth-order valence-corrected chi connectivity index (χ4v) is 3.19. The van der Waals surface area contributed by atoms with Gasteiger partial charge < -0.3 is 9.30 Å². The van der Waals surface area contributed by atoms with Crippen molar-refractivity contribution in [1.29, 1.82) is 0 Å². The van der Waals surface area contributed by atoms with E-state index in [0.29, 0.717) is 23.3 Å². The zero-order valence-electron chi connectivity index (χ0n) is 15.1. The fourth-order valence-electron chi connectivity index (χ4n) is 3.19. The van der Waals surface area contributed by atoms with Gasteiger partial charge in [-0.1, -0.05) is 36.4 Å². The van der Waals surface area contributed by atoms with E-state index in [-0.39, 0.29) is 11.0 Å². The first-order valence-corrected chi connectivity index (χ1v) is 8.79. The molecule has 0 aliphatic rings. The quantitative estimate of drug-likeness (QED) is 0.409. The van der Waals surface area contributed by atoms with Crippen molar-refractivity contribution in [2.75, 3.05) is 0 Å². The largest absolute Gasteiger partial charge is 0.422 e. The van der Waals surface area contributed by atoms with E-state index in [0.717, 1.165) is 16.5 Å². The Bertz CT molecular complexity index is 1240. The number of rotatable bonds is 3. The van der Waals surface area contributed by atoms with Gasteiger partial charge in [0, 0.05) is 23.8 Å². The van der Waals surface area contributed by atoms with Crippen molar-refractivity contribution in [1.82, 2.24) is 9.55 Å². The number of ether oxygens (including phenoxy) is 1. The second kappa shape index (κ2) is 6.68. The fraction of sp³-hybridized carbons (Fsp3) is 0.136. The zero-order chi connectivity index (χ0) is 19.0. The molecule has 27 heavy (non-hydrogen) atoms. The van der Waals surface area contributed by atoms with Crippen LogP contribution in [0.15, 0.2) is 65.6 Å². The molecule has 2 aromatic carbocycles. The lowest BCUT2D eigenvalue weighted by atomic mass is 10.1. The molecule has 0 N–H and O–H groups in total. The number of aromatic nitrogens is 2. The Kier molecular flexibility index (Phi) is 4.20. The predicted octanol–water partition coefficient (Wildman–Crippen LogP) is 4.10. The van der Waals surface area contributed by atoms with E-state index in [1.165, 1.54) is 6.20 Å². The third kappa shape index (κ3) is 2.97. The second-order valence-corrected chi connectivity index (χ2v) is 6.35. The van der Waals surface area contributed by atoms with E-state index in [9.17, 15) is 9.59 Å². The van der Waals surface area contributed by atoms with Gasteiger partial charge in [0.2, 0.25) is 5.43 Å². The summed E-state index contributed by atoms with van der Waals surface area (Å²) in [4.78, 5) is 30.1. The molecular formula is C22H18N2O3. The average Bonchev–Trinajstić information content (AvgIpc) is 2.68. The lowest BCUT2D eigenvalue weighted by Gasteiger charge is -2.12. The summed E-state index contributed by atoms with van der Waals surface area (Å²) >= 11 is 0. The van der Waals surface area contributed by atoms with Crippen LogP contribution in [-0.4, -0.2) is 15.5 Å². The van der Waals surface area contributed by atoms with Crippen LogP contribution in [0.25, 0.3) is 21.8 Å². The third-order valence-electron chi connectivity index (χ3n) is 4.57. The first-order chi connectivity index (χ1) is 13.1. The van der Waals surface area contributed by atoms with Gasteiger partial charge in [0.15, 0.2) is 0 Å². The Labute approximate surface area is 155 Å². The van der Waals surface area contributed by atoms with Gasteiger partial charge in [-0.3, -0.25) is 4.79 Å². The molecule has 0 saturated carbocycles. The maximum atomic E-state index is 12.8. The Morgan fingerprint density at radius 3 is 2.63 bits per heavy atom. The number of pyridine rings is 2. The minimum atomic E-state index is -0.666. The van der Waals surface area contributed by atoms with Gasteiger partial charge in [0.1, 0.15) is 17.0 Å². The van der Waals surface area contributed by atoms with E-state index in [2.05, 4.69) is 4.98 Å². The van der Waals surface area contributed by atoms with E-state index < -0.39 is 5.97 Å². The Morgan fingerprint density at radius 2 is 1.81 bits per heavy atom. The lowest BCUT2D eigenvalue weighted by molar-refractivity contribution is 0.0735. The van der Waals surface area contributed by atoms with Crippen molar-refractivity contribution in [3.05, 3.63) is 82.3 Å². The molecule has 0 spiro atoms. The first kappa shape index (κ1) is 17.0. The Balaban J connectivity index is 1.82. The summed E-state index contributed by atoms with van der Waals surface area (Å²) in [5.74, 6) is -0.233. The number of nitrogens with zero attached hydrogens (tertiary/aromatic N) is 2. The standard InChI is InChI=1S/C22H18N2O3/c1-3-24-13-18(20(25)17-12-11-14(2)23-21(17)24)22(26)27-19-10-6-8-15-7-4-5-9-16(15)19/h4-13H,3H2,1-2H3. The molecule has 2 heterocycles. The number of aryl methyl sites for hydroxylation is 2. The molecule has 0 atom stereocenters. The number of esters is 1. The van der Waals surface area contributed by atoms with Crippen molar-refractivity contribution in [3.8, 4) is 5.75 Å². The van der Waals surface area contributed by atoms with Crippen molar-refractivity contribution in [3.63, 3.8) is 0 Å². The van der Waals surface area contributed by atoms with Crippen molar-refractivity contribution >= 4 is 27.8 Å². The lowest BCUT2D eigenvalue weighted by Crippen LogP contribution is -2.23. The molecule has 0 unspecified atom stereocenters. The predicted molar refractivity (Wildman–Crippen MR) is 105 cm³/mol. The number of carbonyl (C=O) groups excluding carboxylic acids is 1. The Morgan fingerprint density at radius 1 is 1.04 bits per heavy atom. The number of hydrogen-bond donors (Lipinski definition) is 0. The summed E-state index contributed by atoms with van der Waals surface area (Å²) in [6.45, 7) is 4.39. The molecule has 0 radical (unpaired) electrons. The summed E-state index contributed by atoms with van der Waals surface area (Å²) in [5.41, 5.74) is 1.02. The molecule has 134 valence electrons. The van der Waals surface area contributed by atoms with Gasteiger partial charge in [0.05, 0.1) is 5.39 Å².